The quantitative estimate of drug-likeness (QED) is 0.626. The van der Waals surface area contributed by atoms with E-state index >= 15 is 0 Å². The summed E-state index contributed by atoms with van der Waals surface area (Å²) in [6.07, 6.45) is -2.80. The molecule has 0 saturated heterocycles. The number of aromatic nitrogens is 1. The van der Waals surface area contributed by atoms with E-state index in [0.717, 1.165) is 6.07 Å². The maximum absolute atomic E-state index is 12.7. The molecule has 1 rings (SSSR count). The molecule has 7 heteroatoms. The van der Waals surface area contributed by atoms with Gasteiger partial charge in [-0.05, 0) is 13.0 Å². The Labute approximate surface area is 107 Å². The molecule has 0 fully saturated rings. The lowest BCUT2D eigenvalue weighted by Crippen LogP contribution is -2.11. The highest BCUT2D eigenvalue weighted by Gasteiger charge is 2.22. The van der Waals surface area contributed by atoms with Crippen LogP contribution in [0.3, 0.4) is 0 Å². The van der Waals surface area contributed by atoms with Crippen molar-refractivity contribution in [1.29, 1.82) is 0 Å². The van der Waals surface area contributed by atoms with Crippen LogP contribution in [0.15, 0.2) is 6.07 Å². The number of carbonyl (C=O) groups is 1. The van der Waals surface area contributed by atoms with Crippen molar-refractivity contribution in [3.63, 3.8) is 0 Å². The number of alkyl halides is 3. The lowest BCUT2D eigenvalue weighted by Gasteiger charge is -2.09. The van der Waals surface area contributed by atoms with Crippen LogP contribution in [0.2, 0.25) is 5.02 Å². The number of carbonyl (C=O) groups excluding carboxylic acids is 1. The number of halogens is 4. The van der Waals surface area contributed by atoms with Crippen LogP contribution in [0.5, 0.6) is 0 Å². The van der Waals surface area contributed by atoms with Crippen molar-refractivity contribution >= 4 is 29.2 Å². The summed E-state index contributed by atoms with van der Waals surface area (Å²) in [5.74, 6) is -0.935. The molecule has 1 heterocycles. The molecule has 0 saturated carbocycles. The van der Waals surface area contributed by atoms with E-state index < -0.39 is 23.0 Å². The van der Waals surface area contributed by atoms with Crippen LogP contribution in [0, 0.1) is 0 Å². The van der Waals surface area contributed by atoms with Gasteiger partial charge in [-0.25, -0.2) is 18.6 Å². The SMILES string of the molecule is CCOC(=O)c1nc(CCl)cc(C(F)F)c1Cl. The number of nitrogens with zero attached hydrogens (tertiary/aromatic N) is 1. The summed E-state index contributed by atoms with van der Waals surface area (Å²) in [5, 5.41) is -0.396. The second-order valence-electron chi connectivity index (χ2n) is 3.02. The number of hydrogen-bond acceptors (Lipinski definition) is 3. The van der Waals surface area contributed by atoms with Gasteiger partial charge in [0.05, 0.1) is 23.2 Å². The van der Waals surface area contributed by atoms with Gasteiger partial charge in [-0.15, -0.1) is 11.6 Å². The van der Waals surface area contributed by atoms with E-state index in [1.807, 2.05) is 0 Å². The number of esters is 1. The lowest BCUT2D eigenvalue weighted by atomic mass is 10.2. The Morgan fingerprint density at radius 3 is 2.71 bits per heavy atom. The van der Waals surface area contributed by atoms with Gasteiger partial charge in [-0.3, -0.25) is 0 Å². The zero-order valence-electron chi connectivity index (χ0n) is 8.84. The molecule has 0 radical (unpaired) electrons. The zero-order chi connectivity index (χ0) is 13.0. The van der Waals surface area contributed by atoms with Crippen LogP contribution in [0.1, 0.15) is 35.1 Å². The molecule has 17 heavy (non-hydrogen) atoms. The topological polar surface area (TPSA) is 39.2 Å². The maximum Gasteiger partial charge on any atom is 0.358 e. The Hall–Kier alpha value is -0.940. The van der Waals surface area contributed by atoms with E-state index in [2.05, 4.69) is 9.72 Å². The van der Waals surface area contributed by atoms with Crippen LogP contribution in [0.4, 0.5) is 8.78 Å². The van der Waals surface area contributed by atoms with Crippen LogP contribution < -0.4 is 0 Å². The van der Waals surface area contributed by atoms with Crippen LogP contribution in [-0.2, 0) is 10.6 Å². The third-order valence-electron chi connectivity index (χ3n) is 1.88. The first kappa shape index (κ1) is 14.1. The van der Waals surface area contributed by atoms with E-state index in [-0.39, 0.29) is 23.9 Å². The number of hydrogen-bond donors (Lipinski definition) is 0. The Bertz CT molecular complexity index is 427. The summed E-state index contributed by atoms with van der Waals surface area (Å²) >= 11 is 11.2. The van der Waals surface area contributed by atoms with Gasteiger partial charge in [-0.2, -0.15) is 0 Å². The van der Waals surface area contributed by atoms with E-state index in [1.165, 1.54) is 0 Å². The highest BCUT2D eigenvalue weighted by molar-refractivity contribution is 6.34. The molecule has 1 aromatic heterocycles. The Balaban J connectivity index is 3.28. The van der Waals surface area contributed by atoms with Crippen LogP contribution in [0.25, 0.3) is 0 Å². The minimum Gasteiger partial charge on any atom is -0.461 e. The van der Waals surface area contributed by atoms with Gasteiger partial charge < -0.3 is 4.74 Å². The molecule has 0 aromatic carbocycles. The monoisotopic (exact) mass is 283 g/mol. The Kier molecular flexibility index (Phi) is 5.08. The van der Waals surface area contributed by atoms with Crippen molar-refractivity contribution in [2.24, 2.45) is 0 Å². The predicted molar refractivity (Wildman–Crippen MR) is 59.7 cm³/mol. The fourth-order valence-corrected chi connectivity index (χ4v) is 1.56. The lowest BCUT2D eigenvalue weighted by molar-refractivity contribution is 0.0519. The van der Waals surface area contributed by atoms with Crippen molar-refractivity contribution < 1.29 is 18.3 Å². The van der Waals surface area contributed by atoms with Gasteiger partial charge in [0.2, 0.25) is 0 Å². The molecule has 3 nitrogen and oxygen atoms in total. The largest absolute Gasteiger partial charge is 0.461 e. The highest BCUT2D eigenvalue weighted by Crippen LogP contribution is 2.30. The molecule has 0 amide bonds. The van der Waals surface area contributed by atoms with Crippen molar-refractivity contribution in [2.45, 2.75) is 19.2 Å². The molecule has 1 aromatic rings. The molecule has 0 aliphatic carbocycles. The summed E-state index contributed by atoms with van der Waals surface area (Å²) in [4.78, 5) is 15.2. The van der Waals surface area contributed by atoms with Gasteiger partial charge >= 0.3 is 5.97 Å². The first-order valence-corrected chi connectivity index (χ1v) is 5.63. The van der Waals surface area contributed by atoms with E-state index in [0.29, 0.717) is 0 Å². The van der Waals surface area contributed by atoms with E-state index in [9.17, 15) is 13.6 Å². The van der Waals surface area contributed by atoms with Crippen molar-refractivity contribution in [1.82, 2.24) is 4.98 Å². The molecule has 0 bridgehead atoms. The summed E-state index contributed by atoms with van der Waals surface area (Å²) in [5.41, 5.74) is -0.656. The van der Waals surface area contributed by atoms with E-state index in [4.69, 9.17) is 23.2 Å². The molecule has 94 valence electrons. The number of rotatable bonds is 4. The third-order valence-corrected chi connectivity index (χ3v) is 2.55. The smallest absolute Gasteiger partial charge is 0.358 e. The average molecular weight is 284 g/mol. The van der Waals surface area contributed by atoms with Gasteiger partial charge in [0, 0.05) is 5.56 Å². The highest BCUT2D eigenvalue weighted by atomic mass is 35.5. The second kappa shape index (κ2) is 6.12. The number of pyridine rings is 1. The maximum atomic E-state index is 12.7. The van der Waals surface area contributed by atoms with Crippen molar-refractivity contribution in [3.8, 4) is 0 Å². The zero-order valence-corrected chi connectivity index (χ0v) is 10.4. The van der Waals surface area contributed by atoms with Gasteiger partial charge in [0.25, 0.3) is 6.43 Å². The van der Waals surface area contributed by atoms with Gasteiger partial charge in [0.15, 0.2) is 5.69 Å². The van der Waals surface area contributed by atoms with Gasteiger partial charge in [-0.1, -0.05) is 11.6 Å². The molecular weight excluding hydrogens is 275 g/mol. The summed E-state index contributed by atoms with van der Waals surface area (Å²) < 4.78 is 30.0. The summed E-state index contributed by atoms with van der Waals surface area (Å²) in [6.45, 7) is 1.69. The first-order chi connectivity index (χ1) is 8.01. The minimum atomic E-state index is -2.80. The molecule has 0 aliphatic rings. The Morgan fingerprint density at radius 2 is 2.24 bits per heavy atom. The summed E-state index contributed by atoms with van der Waals surface area (Å²) in [6, 6.07) is 1.07. The standard InChI is InChI=1S/C10H9Cl2F2NO2/c1-2-17-10(16)8-7(12)6(9(13)14)3-5(4-11)15-8/h3,9H,2,4H2,1H3. The molecular formula is C10H9Cl2F2NO2. The fourth-order valence-electron chi connectivity index (χ4n) is 1.17. The fraction of sp³-hybridized carbons (Fsp3) is 0.400. The van der Waals surface area contributed by atoms with Crippen molar-refractivity contribution in [3.05, 3.63) is 28.0 Å². The molecule has 0 unspecified atom stereocenters. The van der Waals surface area contributed by atoms with Crippen molar-refractivity contribution in [2.75, 3.05) is 6.61 Å². The molecule has 0 atom stereocenters. The van der Waals surface area contributed by atoms with Crippen LogP contribution in [-0.4, -0.2) is 17.6 Å². The molecule has 0 spiro atoms. The number of ether oxygens (including phenoxy) is 1. The molecule has 0 N–H and O–H groups in total. The van der Waals surface area contributed by atoms with Crippen LogP contribution >= 0.6 is 23.2 Å². The second-order valence-corrected chi connectivity index (χ2v) is 3.67. The average Bonchev–Trinajstić information content (AvgIpc) is 2.29. The summed E-state index contributed by atoms with van der Waals surface area (Å²) in [7, 11) is 0. The van der Waals surface area contributed by atoms with E-state index in [1.54, 1.807) is 6.92 Å². The predicted octanol–water partition coefficient (Wildman–Crippen LogP) is 3.59. The minimum absolute atomic E-state index is 0.0940. The third kappa shape index (κ3) is 3.26. The Morgan fingerprint density at radius 1 is 1.59 bits per heavy atom. The van der Waals surface area contributed by atoms with Gasteiger partial charge in [0.1, 0.15) is 0 Å². The normalized spacial score (nSPS) is 10.7. The molecule has 0 aliphatic heterocycles. The first-order valence-electron chi connectivity index (χ1n) is 4.71.